The van der Waals surface area contributed by atoms with Gasteiger partial charge in [0.1, 0.15) is 0 Å². The zero-order valence-electron chi connectivity index (χ0n) is 13.1. The van der Waals surface area contributed by atoms with Crippen molar-refractivity contribution in [2.24, 2.45) is 0 Å². The summed E-state index contributed by atoms with van der Waals surface area (Å²) in [7, 11) is 0. The van der Waals surface area contributed by atoms with Crippen molar-refractivity contribution in [1.29, 1.82) is 0 Å². The third-order valence-electron chi connectivity index (χ3n) is 3.76. The molecule has 22 heavy (non-hydrogen) atoms. The maximum atomic E-state index is 12.0. The second-order valence-electron chi connectivity index (χ2n) is 5.23. The first-order chi connectivity index (χ1) is 10.2. The first-order valence-corrected chi connectivity index (χ1v) is 7.56. The minimum atomic E-state index is -0.0125. The maximum Gasteiger partial charge on any atom is 0.290 e. The fourth-order valence-corrected chi connectivity index (χ4v) is 2.49. The van der Waals surface area contributed by atoms with E-state index in [1.165, 1.54) is 5.56 Å². The molecule has 118 valence electrons. The predicted molar refractivity (Wildman–Crippen MR) is 85.0 cm³/mol. The number of para-hydroxylation sites is 1. The molecule has 3 nitrogen and oxygen atoms in total. The summed E-state index contributed by atoms with van der Waals surface area (Å²) >= 11 is 0. The Morgan fingerprint density at radius 3 is 2.18 bits per heavy atom. The molecule has 1 aromatic carbocycles. The van der Waals surface area contributed by atoms with Crippen LogP contribution in [0.3, 0.4) is 0 Å². The number of rotatable bonds is 6. The van der Waals surface area contributed by atoms with Crippen LogP contribution in [-0.2, 0) is 11.3 Å². The lowest BCUT2D eigenvalue weighted by molar-refractivity contribution is -0.684. The van der Waals surface area contributed by atoms with Crippen molar-refractivity contribution in [2.75, 3.05) is 5.32 Å². The van der Waals surface area contributed by atoms with Crippen LogP contribution >= 0.6 is 0 Å². The van der Waals surface area contributed by atoms with Crippen LogP contribution in [0.1, 0.15) is 38.2 Å². The standard InChI is InChI=1S/C18H22N2O.ClH/c1-3-15(4-2)16-10-12-20(13-11-16)14-18(21)19-17-8-6-5-7-9-17;/h5-13,15H,3-4,14H2,1-2H3;1H. The van der Waals surface area contributed by atoms with Gasteiger partial charge in [0.25, 0.3) is 5.91 Å². The highest BCUT2D eigenvalue weighted by Crippen LogP contribution is 2.21. The number of halogens is 1. The number of hydrogen-bond donors (Lipinski definition) is 1. The molecule has 2 rings (SSSR count). The predicted octanol–water partition coefficient (Wildman–Crippen LogP) is 0.520. The third kappa shape index (κ3) is 5.15. The van der Waals surface area contributed by atoms with Crippen LogP contribution in [0.2, 0.25) is 0 Å². The summed E-state index contributed by atoms with van der Waals surface area (Å²) in [4.78, 5) is 12.0. The average Bonchev–Trinajstić information content (AvgIpc) is 2.51. The molecule has 0 radical (unpaired) electrons. The molecule has 0 unspecified atom stereocenters. The van der Waals surface area contributed by atoms with Crippen LogP contribution in [0.15, 0.2) is 54.9 Å². The second-order valence-corrected chi connectivity index (χ2v) is 5.23. The Balaban J connectivity index is 0.00000242. The van der Waals surface area contributed by atoms with Gasteiger partial charge < -0.3 is 17.7 Å². The third-order valence-corrected chi connectivity index (χ3v) is 3.76. The van der Waals surface area contributed by atoms with Crippen molar-refractivity contribution in [3.8, 4) is 0 Å². The molecule has 0 aliphatic rings. The van der Waals surface area contributed by atoms with Gasteiger partial charge in [-0.1, -0.05) is 32.0 Å². The minimum Gasteiger partial charge on any atom is -1.00 e. The summed E-state index contributed by atoms with van der Waals surface area (Å²) < 4.78 is 1.91. The Hall–Kier alpha value is -1.87. The average molecular weight is 319 g/mol. The topological polar surface area (TPSA) is 33.0 Å². The van der Waals surface area contributed by atoms with E-state index in [2.05, 4.69) is 31.3 Å². The number of aromatic nitrogens is 1. The number of hydrogen-bond acceptors (Lipinski definition) is 1. The number of nitrogens with one attached hydrogen (secondary N) is 1. The van der Waals surface area contributed by atoms with E-state index in [0.717, 1.165) is 18.5 Å². The van der Waals surface area contributed by atoms with E-state index < -0.39 is 0 Å². The van der Waals surface area contributed by atoms with Gasteiger partial charge in [-0.25, -0.2) is 0 Å². The van der Waals surface area contributed by atoms with Gasteiger partial charge in [0.05, 0.1) is 0 Å². The molecule has 1 heterocycles. The van der Waals surface area contributed by atoms with E-state index in [1.807, 2.05) is 47.3 Å². The van der Waals surface area contributed by atoms with E-state index in [0.29, 0.717) is 12.5 Å². The summed E-state index contributed by atoms with van der Waals surface area (Å²) in [5.41, 5.74) is 2.18. The SMILES string of the molecule is CCC(CC)c1cc[n+](CC(=O)Nc2ccccc2)cc1.[Cl-]. The zero-order valence-corrected chi connectivity index (χ0v) is 13.9. The number of anilines is 1. The molecular weight excluding hydrogens is 296 g/mol. The van der Waals surface area contributed by atoms with E-state index in [9.17, 15) is 4.79 Å². The van der Waals surface area contributed by atoms with Gasteiger partial charge in [0, 0.05) is 17.8 Å². The molecule has 0 aliphatic heterocycles. The monoisotopic (exact) mass is 318 g/mol. The highest BCUT2D eigenvalue weighted by atomic mass is 35.5. The number of carbonyl (C=O) groups is 1. The molecule has 0 saturated heterocycles. The van der Waals surface area contributed by atoms with Gasteiger partial charge >= 0.3 is 0 Å². The summed E-state index contributed by atoms with van der Waals surface area (Å²) in [6, 6.07) is 13.8. The van der Waals surface area contributed by atoms with E-state index in [1.54, 1.807) is 0 Å². The second kappa shape index (κ2) is 9.21. The van der Waals surface area contributed by atoms with Crippen LogP contribution < -0.4 is 22.3 Å². The molecule has 0 bridgehead atoms. The molecule has 0 saturated carbocycles. The van der Waals surface area contributed by atoms with Crippen LogP contribution in [-0.4, -0.2) is 5.91 Å². The van der Waals surface area contributed by atoms with Crippen molar-refractivity contribution < 1.29 is 21.8 Å². The van der Waals surface area contributed by atoms with Crippen LogP contribution in [0, 0.1) is 0 Å². The van der Waals surface area contributed by atoms with E-state index in [-0.39, 0.29) is 18.3 Å². The Morgan fingerprint density at radius 1 is 1.05 bits per heavy atom. The number of carbonyl (C=O) groups excluding carboxylic acids is 1. The van der Waals surface area contributed by atoms with Crippen molar-refractivity contribution in [3.05, 3.63) is 60.4 Å². The molecule has 1 aromatic heterocycles. The summed E-state index contributed by atoms with van der Waals surface area (Å²) in [6.45, 7) is 4.75. The highest BCUT2D eigenvalue weighted by molar-refractivity contribution is 5.89. The smallest absolute Gasteiger partial charge is 0.290 e. The fourth-order valence-electron chi connectivity index (χ4n) is 2.49. The quantitative estimate of drug-likeness (QED) is 0.774. The van der Waals surface area contributed by atoms with E-state index >= 15 is 0 Å². The largest absolute Gasteiger partial charge is 1.00 e. The number of nitrogens with zero attached hydrogens (tertiary/aromatic N) is 1. The molecule has 4 heteroatoms. The number of benzene rings is 1. The highest BCUT2D eigenvalue weighted by Gasteiger charge is 2.12. The van der Waals surface area contributed by atoms with Crippen LogP contribution in [0.5, 0.6) is 0 Å². The summed E-state index contributed by atoms with van der Waals surface area (Å²) in [5.74, 6) is 0.597. The Bertz CT molecular complexity index is 565. The van der Waals surface area contributed by atoms with Crippen LogP contribution in [0.25, 0.3) is 0 Å². The first-order valence-electron chi connectivity index (χ1n) is 7.56. The minimum absolute atomic E-state index is 0. The molecular formula is C18H23ClN2O. The van der Waals surface area contributed by atoms with Gasteiger partial charge in [-0.05, 0) is 36.5 Å². The first kappa shape index (κ1) is 18.2. The van der Waals surface area contributed by atoms with Gasteiger partial charge in [-0.15, -0.1) is 0 Å². The van der Waals surface area contributed by atoms with Gasteiger partial charge in [-0.3, -0.25) is 4.79 Å². The molecule has 0 fully saturated rings. The summed E-state index contributed by atoms with van der Waals surface area (Å²) in [5, 5.41) is 2.89. The Morgan fingerprint density at radius 2 is 1.64 bits per heavy atom. The zero-order chi connectivity index (χ0) is 15.1. The van der Waals surface area contributed by atoms with Crippen molar-refractivity contribution >= 4 is 11.6 Å². The Kier molecular flexibility index (Phi) is 7.61. The number of amides is 1. The van der Waals surface area contributed by atoms with Crippen molar-refractivity contribution in [2.45, 2.75) is 39.2 Å². The molecule has 0 spiro atoms. The maximum absolute atomic E-state index is 12.0. The summed E-state index contributed by atoms with van der Waals surface area (Å²) in [6.07, 6.45) is 6.26. The lowest BCUT2D eigenvalue weighted by atomic mass is 9.95. The van der Waals surface area contributed by atoms with Gasteiger partial charge in [-0.2, -0.15) is 4.57 Å². The molecule has 0 aliphatic carbocycles. The van der Waals surface area contributed by atoms with Crippen molar-refractivity contribution in [1.82, 2.24) is 0 Å². The lowest BCUT2D eigenvalue weighted by Gasteiger charge is -2.11. The number of pyridine rings is 1. The molecule has 2 aromatic rings. The molecule has 0 atom stereocenters. The van der Waals surface area contributed by atoms with Crippen molar-refractivity contribution in [3.63, 3.8) is 0 Å². The van der Waals surface area contributed by atoms with Gasteiger partial charge in [0.15, 0.2) is 12.4 Å². The normalized spacial score (nSPS) is 10.1. The van der Waals surface area contributed by atoms with E-state index in [4.69, 9.17) is 0 Å². The lowest BCUT2D eigenvalue weighted by Crippen LogP contribution is -3.00. The van der Waals surface area contributed by atoms with Crippen LogP contribution in [0.4, 0.5) is 5.69 Å². The molecule has 1 N–H and O–H groups in total. The Labute approximate surface area is 138 Å². The van der Waals surface area contributed by atoms with Gasteiger partial charge in [0.2, 0.25) is 6.54 Å². The fraction of sp³-hybridized carbons (Fsp3) is 0.333. The molecule has 1 amide bonds.